The summed E-state index contributed by atoms with van der Waals surface area (Å²) in [6.07, 6.45) is 6.86. The zero-order valence-electron chi connectivity index (χ0n) is 11.3. The Kier molecular flexibility index (Phi) is 4.04. The summed E-state index contributed by atoms with van der Waals surface area (Å²) in [7, 11) is 0. The molecule has 0 aliphatic heterocycles. The maximum Gasteiger partial charge on any atom is 0.0649 e. The fourth-order valence-corrected chi connectivity index (χ4v) is 3.32. The summed E-state index contributed by atoms with van der Waals surface area (Å²) in [6.45, 7) is 0. The molecule has 1 aliphatic rings. The van der Waals surface area contributed by atoms with Crippen molar-refractivity contribution in [2.24, 2.45) is 0 Å². The molecule has 1 aromatic carbocycles. The first-order valence-corrected chi connectivity index (χ1v) is 7.48. The molecule has 1 aromatic heterocycles. The van der Waals surface area contributed by atoms with Gasteiger partial charge in [-0.15, -0.1) is 0 Å². The number of hydrogen-bond acceptors (Lipinski definition) is 2. The Labute approximate surface area is 124 Å². The van der Waals surface area contributed by atoms with Crippen LogP contribution in [0, 0.1) is 0 Å². The molecule has 0 fully saturated rings. The van der Waals surface area contributed by atoms with Crippen molar-refractivity contribution >= 4 is 11.6 Å². The summed E-state index contributed by atoms with van der Waals surface area (Å²) < 4.78 is 0. The summed E-state index contributed by atoms with van der Waals surface area (Å²) >= 11 is 6.13. The Morgan fingerprint density at radius 2 is 2.15 bits per heavy atom. The van der Waals surface area contributed by atoms with E-state index in [1.807, 2.05) is 6.07 Å². The van der Waals surface area contributed by atoms with E-state index in [1.54, 1.807) is 12.4 Å². The number of fused-ring (bicyclic) bond motifs is 1. The Balaban J connectivity index is 1.82. The molecule has 20 heavy (non-hydrogen) atoms. The number of pyridine rings is 1. The largest absolute Gasteiger partial charge is 0.392 e. The number of nitrogens with zero attached hydrogens (tertiary/aromatic N) is 1. The average molecular weight is 288 g/mol. The van der Waals surface area contributed by atoms with Crippen molar-refractivity contribution in [3.63, 3.8) is 0 Å². The van der Waals surface area contributed by atoms with E-state index in [0.29, 0.717) is 11.4 Å². The minimum atomic E-state index is -0.392. The van der Waals surface area contributed by atoms with Crippen LogP contribution in [0.5, 0.6) is 0 Å². The fourth-order valence-electron chi connectivity index (χ4n) is 3.13. The predicted octanol–water partition coefficient (Wildman–Crippen LogP) is 3.76. The van der Waals surface area contributed by atoms with Crippen LogP contribution in [0.1, 0.15) is 35.4 Å². The molecule has 3 heteroatoms. The first kappa shape index (κ1) is 13.6. The Morgan fingerprint density at radius 1 is 1.30 bits per heavy atom. The molecular weight excluding hydrogens is 270 g/mol. The molecule has 3 rings (SSSR count). The van der Waals surface area contributed by atoms with Gasteiger partial charge in [0, 0.05) is 24.7 Å². The Bertz CT molecular complexity index is 599. The van der Waals surface area contributed by atoms with Gasteiger partial charge >= 0.3 is 0 Å². The maximum atomic E-state index is 10.6. The Morgan fingerprint density at radius 3 is 3.00 bits per heavy atom. The standard InChI is InChI=1S/C17H18ClNO/c18-16-11-19-9-8-13(16)10-17(20)15-7-3-5-12-4-1-2-6-14(12)15/h1-2,4,6,8-9,11,15,17,20H,3,5,7,10H2. The van der Waals surface area contributed by atoms with Gasteiger partial charge in [0.05, 0.1) is 11.1 Å². The van der Waals surface area contributed by atoms with Gasteiger partial charge in [0.2, 0.25) is 0 Å². The lowest BCUT2D eigenvalue weighted by Gasteiger charge is -2.29. The number of aliphatic hydroxyl groups is 1. The summed E-state index contributed by atoms with van der Waals surface area (Å²) in [6, 6.07) is 10.3. The molecule has 1 aliphatic carbocycles. The van der Waals surface area contributed by atoms with Crippen LogP contribution in [0.4, 0.5) is 0 Å². The number of hydrogen-bond donors (Lipinski definition) is 1. The number of rotatable bonds is 3. The maximum absolute atomic E-state index is 10.6. The van der Waals surface area contributed by atoms with E-state index in [1.165, 1.54) is 11.1 Å². The van der Waals surface area contributed by atoms with Gasteiger partial charge in [-0.25, -0.2) is 0 Å². The number of halogens is 1. The molecule has 2 nitrogen and oxygen atoms in total. The second-order valence-electron chi connectivity index (χ2n) is 5.44. The smallest absolute Gasteiger partial charge is 0.0649 e. The summed E-state index contributed by atoms with van der Waals surface area (Å²) in [5.41, 5.74) is 3.65. The average Bonchev–Trinajstić information content (AvgIpc) is 2.49. The van der Waals surface area contributed by atoms with Gasteiger partial charge in [0.1, 0.15) is 0 Å². The highest BCUT2D eigenvalue weighted by atomic mass is 35.5. The summed E-state index contributed by atoms with van der Waals surface area (Å²) in [4.78, 5) is 3.99. The van der Waals surface area contributed by atoms with E-state index in [9.17, 15) is 5.11 Å². The third kappa shape index (κ3) is 2.72. The van der Waals surface area contributed by atoms with Crippen LogP contribution in [0.25, 0.3) is 0 Å². The number of aryl methyl sites for hydroxylation is 1. The van der Waals surface area contributed by atoms with Crippen molar-refractivity contribution < 1.29 is 5.11 Å². The SMILES string of the molecule is OC(Cc1ccncc1Cl)C1CCCc2ccccc21. The Hall–Kier alpha value is -1.38. The highest BCUT2D eigenvalue weighted by molar-refractivity contribution is 6.31. The number of benzene rings is 1. The zero-order chi connectivity index (χ0) is 13.9. The minimum absolute atomic E-state index is 0.212. The van der Waals surface area contributed by atoms with E-state index in [2.05, 4.69) is 29.2 Å². The van der Waals surface area contributed by atoms with E-state index >= 15 is 0 Å². The van der Waals surface area contributed by atoms with Crippen molar-refractivity contribution in [3.8, 4) is 0 Å². The van der Waals surface area contributed by atoms with Crippen molar-refractivity contribution in [2.75, 3.05) is 0 Å². The molecule has 0 radical (unpaired) electrons. The van der Waals surface area contributed by atoms with E-state index in [-0.39, 0.29) is 5.92 Å². The van der Waals surface area contributed by atoms with Gasteiger partial charge in [-0.3, -0.25) is 4.98 Å². The highest BCUT2D eigenvalue weighted by Crippen LogP contribution is 2.35. The van der Waals surface area contributed by atoms with E-state index in [4.69, 9.17) is 11.6 Å². The molecule has 0 bridgehead atoms. The monoisotopic (exact) mass is 287 g/mol. The third-order valence-corrected chi connectivity index (χ3v) is 4.51. The van der Waals surface area contributed by atoms with Crippen LogP contribution >= 0.6 is 11.6 Å². The van der Waals surface area contributed by atoms with Crippen molar-refractivity contribution in [2.45, 2.75) is 37.7 Å². The van der Waals surface area contributed by atoms with Gasteiger partial charge in [-0.05, 0) is 42.0 Å². The van der Waals surface area contributed by atoms with E-state index < -0.39 is 6.10 Å². The van der Waals surface area contributed by atoms with Gasteiger partial charge < -0.3 is 5.11 Å². The van der Waals surface area contributed by atoms with Crippen LogP contribution in [-0.4, -0.2) is 16.2 Å². The molecule has 2 unspecified atom stereocenters. The molecule has 0 amide bonds. The zero-order valence-corrected chi connectivity index (χ0v) is 12.1. The molecule has 2 aromatic rings. The first-order chi connectivity index (χ1) is 9.75. The second kappa shape index (κ2) is 5.94. The van der Waals surface area contributed by atoms with Crippen LogP contribution in [0.3, 0.4) is 0 Å². The topological polar surface area (TPSA) is 33.1 Å². The molecule has 1 N–H and O–H groups in total. The van der Waals surface area contributed by atoms with Crippen LogP contribution in [0.2, 0.25) is 5.02 Å². The summed E-state index contributed by atoms with van der Waals surface area (Å²) in [5.74, 6) is 0.212. The van der Waals surface area contributed by atoms with Crippen molar-refractivity contribution in [3.05, 3.63) is 64.4 Å². The molecular formula is C17H18ClNO. The van der Waals surface area contributed by atoms with Gasteiger partial charge in [0.15, 0.2) is 0 Å². The molecule has 0 saturated carbocycles. The lowest BCUT2D eigenvalue weighted by atomic mass is 9.78. The predicted molar refractivity (Wildman–Crippen MR) is 81.1 cm³/mol. The van der Waals surface area contributed by atoms with Crippen LogP contribution in [0.15, 0.2) is 42.7 Å². The lowest BCUT2D eigenvalue weighted by Crippen LogP contribution is -2.25. The molecule has 0 spiro atoms. The quantitative estimate of drug-likeness (QED) is 0.932. The van der Waals surface area contributed by atoms with Gasteiger partial charge in [-0.2, -0.15) is 0 Å². The highest BCUT2D eigenvalue weighted by Gasteiger charge is 2.26. The molecule has 0 saturated heterocycles. The second-order valence-corrected chi connectivity index (χ2v) is 5.84. The first-order valence-electron chi connectivity index (χ1n) is 7.10. The van der Waals surface area contributed by atoms with Gasteiger partial charge in [-0.1, -0.05) is 35.9 Å². The fraction of sp³-hybridized carbons (Fsp3) is 0.353. The van der Waals surface area contributed by atoms with Crippen LogP contribution < -0.4 is 0 Å². The summed E-state index contributed by atoms with van der Waals surface area (Å²) in [5, 5.41) is 11.3. The number of aliphatic hydroxyl groups excluding tert-OH is 1. The normalized spacial score (nSPS) is 19.4. The minimum Gasteiger partial charge on any atom is -0.392 e. The van der Waals surface area contributed by atoms with Gasteiger partial charge in [0.25, 0.3) is 0 Å². The van der Waals surface area contributed by atoms with E-state index in [0.717, 1.165) is 24.8 Å². The molecule has 1 heterocycles. The lowest BCUT2D eigenvalue weighted by molar-refractivity contribution is 0.134. The van der Waals surface area contributed by atoms with Crippen LogP contribution in [-0.2, 0) is 12.8 Å². The number of aromatic nitrogens is 1. The van der Waals surface area contributed by atoms with Crippen molar-refractivity contribution in [1.29, 1.82) is 0 Å². The molecule has 2 atom stereocenters. The third-order valence-electron chi connectivity index (χ3n) is 4.17. The molecule has 104 valence electrons. The van der Waals surface area contributed by atoms with Crippen molar-refractivity contribution in [1.82, 2.24) is 4.98 Å².